The van der Waals surface area contributed by atoms with Crippen LogP contribution in [-0.4, -0.2) is 28.6 Å². The Morgan fingerprint density at radius 1 is 1.27 bits per heavy atom. The Bertz CT molecular complexity index is 734. The van der Waals surface area contributed by atoms with Crippen molar-refractivity contribution in [3.05, 3.63) is 58.2 Å². The molecule has 1 aromatic heterocycles. The van der Waals surface area contributed by atoms with Crippen molar-refractivity contribution in [2.75, 3.05) is 7.05 Å². The molecule has 1 amide bonds. The number of hydrogen-bond acceptors (Lipinski definition) is 2. The zero-order valence-corrected chi connectivity index (χ0v) is 13.2. The number of carbonyl (C=O) groups excluding carboxylic acids is 2. The molecule has 1 aromatic carbocycles. The van der Waals surface area contributed by atoms with Gasteiger partial charge in [-0.3, -0.25) is 9.59 Å². The number of nitrogens with one attached hydrogen (secondary N) is 1. The van der Waals surface area contributed by atoms with E-state index in [2.05, 4.69) is 4.98 Å². The molecule has 0 saturated heterocycles. The van der Waals surface area contributed by atoms with Gasteiger partial charge in [-0.25, -0.2) is 4.39 Å². The van der Waals surface area contributed by atoms with Gasteiger partial charge in [0.05, 0.1) is 0 Å². The Kier molecular flexibility index (Phi) is 4.45. The predicted octanol–water partition coefficient (Wildman–Crippen LogP) is 3.25. The summed E-state index contributed by atoms with van der Waals surface area (Å²) in [6, 6.07) is 6.14. The van der Waals surface area contributed by atoms with Crippen LogP contribution in [0.3, 0.4) is 0 Å². The van der Waals surface area contributed by atoms with Crippen molar-refractivity contribution < 1.29 is 14.0 Å². The maximum atomic E-state index is 13.2. The van der Waals surface area contributed by atoms with Crippen LogP contribution < -0.4 is 0 Å². The molecule has 0 fully saturated rings. The summed E-state index contributed by atoms with van der Waals surface area (Å²) >= 11 is 0. The lowest BCUT2D eigenvalue weighted by Crippen LogP contribution is -2.27. The molecule has 0 atom stereocenters. The first kappa shape index (κ1) is 15.9. The van der Waals surface area contributed by atoms with E-state index in [0.29, 0.717) is 34.6 Å². The number of amides is 1. The van der Waals surface area contributed by atoms with Crippen molar-refractivity contribution in [1.29, 1.82) is 0 Å². The molecule has 1 N–H and O–H groups in total. The first-order valence-corrected chi connectivity index (χ1v) is 7.01. The standard InChI is InChI=1S/C17H19FN2O2/c1-10-15(12(3)21)11(2)19-16(10)17(22)20(4)9-13-6-5-7-14(18)8-13/h5-8,19H,9H2,1-4H3. The van der Waals surface area contributed by atoms with Gasteiger partial charge in [-0.15, -0.1) is 0 Å². The molecule has 4 nitrogen and oxygen atoms in total. The first-order valence-electron chi connectivity index (χ1n) is 7.01. The lowest BCUT2D eigenvalue weighted by molar-refractivity contribution is 0.0779. The first-order chi connectivity index (χ1) is 10.3. The number of rotatable bonds is 4. The Morgan fingerprint density at radius 3 is 2.50 bits per heavy atom. The van der Waals surface area contributed by atoms with E-state index in [0.717, 1.165) is 0 Å². The van der Waals surface area contributed by atoms with Crippen LogP contribution in [0, 0.1) is 19.7 Å². The number of hydrogen-bond donors (Lipinski definition) is 1. The van der Waals surface area contributed by atoms with Gasteiger partial charge in [0.25, 0.3) is 5.91 Å². The normalized spacial score (nSPS) is 10.6. The van der Waals surface area contributed by atoms with Gasteiger partial charge < -0.3 is 9.88 Å². The van der Waals surface area contributed by atoms with Gasteiger partial charge in [-0.2, -0.15) is 0 Å². The second-order valence-electron chi connectivity index (χ2n) is 5.47. The fourth-order valence-electron chi connectivity index (χ4n) is 2.66. The molecule has 0 aliphatic rings. The summed E-state index contributed by atoms with van der Waals surface area (Å²) in [6.45, 7) is 5.30. The maximum absolute atomic E-state index is 13.2. The van der Waals surface area contributed by atoms with E-state index in [4.69, 9.17) is 0 Å². The second-order valence-corrected chi connectivity index (χ2v) is 5.47. The number of aromatic amines is 1. The van der Waals surface area contributed by atoms with Crippen LogP contribution in [0.5, 0.6) is 0 Å². The van der Waals surface area contributed by atoms with Gasteiger partial charge >= 0.3 is 0 Å². The highest BCUT2D eigenvalue weighted by molar-refractivity contribution is 6.02. The fraction of sp³-hybridized carbons (Fsp3) is 0.294. The van der Waals surface area contributed by atoms with Crippen molar-refractivity contribution in [2.45, 2.75) is 27.3 Å². The molecule has 0 bridgehead atoms. The van der Waals surface area contributed by atoms with E-state index in [1.165, 1.54) is 24.0 Å². The number of H-pyrrole nitrogens is 1. The minimum Gasteiger partial charge on any atom is -0.354 e. The maximum Gasteiger partial charge on any atom is 0.270 e. The van der Waals surface area contributed by atoms with Crippen LogP contribution in [0.2, 0.25) is 0 Å². The van der Waals surface area contributed by atoms with E-state index >= 15 is 0 Å². The van der Waals surface area contributed by atoms with Gasteiger partial charge in [-0.1, -0.05) is 12.1 Å². The van der Waals surface area contributed by atoms with Crippen LogP contribution in [0.25, 0.3) is 0 Å². The minimum atomic E-state index is -0.330. The van der Waals surface area contributed by atoms with Gasteiger partial charge in [0, 0.05) is 24.8 Å². The second kappa shape index (κ2) is 6.13. The van der Waals surface area contributed by atoms with E-state index in [1.807, 2.05) is 0 Å². The molecule has 5 heteroatoms. The molecular formula is C17H19FN2O2. The van der Waals surface area contributed by atoms with Crippen LogP contribution in [-0.2, 0) is 6.54 Å². The molecule has 0 spiro atoms. The SMILES string of the molecule is CC(=O)c1c(C)[nH]c(C(=O)N(C)Cc2cccc(F)c2)c1C. The molecule has 0 aliphatic heterocycles. The molecule has 0 saturated carbocycles. The number of nitrogens with zero attached hydrogens (tertiary/aromatic N) is 1. The molecular weight excluding hydrogens is 283 g/mol. The van der Waals surface area contributed by atoms with Gasteiger partial charge in [0.2, 0.25) is 0 Å². The zero-order valence-electron chi connectivity index (χ0n) is 13.2. The smallest absolute Gasteiger partial charge is 0.270 e. The molecule has 0 unspecified atom stereocenters. The molecule has 22 heavy (non-hydrogen) atoms. The summed E-state index contributed by atoms with van der Waals surface area (Å²) in [5, 5.41) is 0. The lowest BCUT2D eigenvalue weighted by Gasteiger charge is -2.17. The zero-order chi connectivity index (χ0) is 16.4. The van der Waals surface area contributed by atoms with E-state index < -0.39 is 0 Å². The predicted molar refractivity (Wildman–Crippen MR) is 82.5 cm³/mol. The monoisotopic (exact) mass is 302 g/mol. The highest BCUT2D eigenvalue weighted by Gasteiger charge is 2.22. The number of aryl methyl sites for hydroxylation is 1. The summed E-state index contributed by atoms with van der Waals surface area (Å²) in [7, 11) is 1.65. The summed E-state index contributed by atoms with van der Waals surface area (Å²) < 4.78 is 13.2. The largest absolute Gasteiger partial charge is 0.354 e. The average molecular weight is 302 g/mol. The van der Waals surface area contributed by atoms with Crippen molar-refractivity contribution >= 4 is 11.7 Å². The highest BCUT2D eigenvalue weighted by atomic mass is 19.1. The topological polar surface area (TPSA) is 53.2 Å². The number of ketones is 1. The van der Waals surface area contributed by atoms with Crippen LogP contribution in [0.15, 0.2) is 24.3 Å². The van der Waals surface area contributed by atoms with Crippen molar-refractivity contribution in [3.63, 3.8) is 0 Å². The Morgan fingerprint density at radius 2 is 1.95 bits per heavy atom. The number of Topliss-reactive ketones (excluding diaryl/α,β-unsaturated/α-hetero) is 1. The third kappa shape index (κ3) is 3.08. The summed E-state index contributed by atoms with van der Waals surface area (Å²) in [6.07, 6.45) is 0. The molecule has 116 valence electrons. The van der Waals surface area contributed by atoms with Crippen LogP contribution >= 0.6 is 0 Å². The van der Waals surface area contributed by atoms with Gasteiger partial charge in [-0.05, 0) is 44.0 Å². The summed E-state index contributed by atoms with van der Waals surface area (Å²) in [5.41, 5.74) is 3.02. The van der Waals surface area contributed by atoms with E-state index in [9.17, 15) is 14.0 Å². The highest BCUT2D eigenvalue weighted by Crippen LogP contribution is 2.20. The van der Waals surface area contributed by atoms with E-state index in [-0.39, 0.29) is 17.5 Å². The Balaban J connectivity index is 2.24. The van der Waals surface area contributed by atoms with Crippen molar-refractivity contribution in [2.24, 2.45) is 0 Å². The quantitative estimate of drug-likeness (QED) is 0.881. The van der Waals surface area contributed by atoms with Gasteiger partial charge in [0.15, 0.2) is 5.78 Å². The molecule has 0 radical (unpaired) electrons. The summed E-state index contributed by atoms with van der Waals surface area (Å²) in [5.74, 6) is -0.625. The molecule has 0 aliphatic carbocycles. The van der Waals surface area contributed by atoms with Crippen molar-refractivity contribution in [1.82, 2.24) is 9.88 Å². The number of aromatic nitrogens is 1. The average Bonchev–Trinajstić information content (AvgIpc) is 2.73. The summed E-state index contributed by atoms with van der Waals surface area (Å²) in [4.78, 5) is 28.7. The van der Waals surface area contributed by atoms with E-state index in [1.54, 1.807) is 33.0 Å². The fourth-order valence-corrected chi connectivity index (χ4v) is 2.66. The molecule has 1 heterocycles. The molecule has 2 rings (SSSR count). The van der Waals surface area contributed by atoms with Crippen LogP contribution in [0.1, 0.15) is 44.6 Å². The van der Waals surface area contributed by atoms with Crippen LogP contribution in [0.4, 0.5) is 4.39 Å². The third-order valence-corrected chi connectivity index (χ3v) is 3.66. The third-order valence-electron chi connectivity index (χ3n) is 3.66. The number of carbonyl (C=O) groups is 2. The Labute approximate surface area is 129 Å². The molecule has 2 aromatic rings. The number of halogens is 1. The van der Waals surface area contributed by atoms with Crippen molar-refractivity contribution in [3.8, 4) is 0 Å². The van der Waals surface area contributed by atoms with Gasteiger partial charge in [0.1, 0.15) is 11.5 Å². The Hall–Kier alpha value is -2.43. The number of benzene rings is 1. The lowest BCUT2D eigenvalue weighted by atomic mass is 10.1. The minimum absolute atomic E-state index is 0.0712.